The van der Waals surface area contributed by atoms with Crippen molar-refractivity contribution in [2.75, 3.05) is 25.2 Å². The quantitative estimate of drug-likeness (QED) is 0.582. The molecule has 26 heavy (non-hydrogen) atoms. The van der Waals surface area contributed by atoms with Crippen molar-refractivity contribution < 1.29 is 19.4 Å². The molecule has 0 saturated heterocycles. The van der Waals surface area contributed by atoms with Gasteiger partial charge in [0, 0.05) is 12.1 Å². The molecule has 0 aliphatic rings. The standard InChI is InChI=1S/C16H19ClN4O4S/c1-18-14(23)7-21-11(8-22)6-19-16(21)26-9-15(24)20-12-5-10(17)3-4-13(12)25-2/h3-6,22H,7-9H2,1-2H3,(H,18,23)(H,20,24). The fraction of sp³-hybridized carbons (Fsp3) is 0.312. The zero-order valence-corrected chi connectivity index (χ0v) is 15.9. The second kappa shape index (κ2) is 9.46. The third kappa shape index (κ3) is 5.13. The molecule has 0 aliphatic heterocycles. The van der Waals surface area contributed by atoms with Crippen LogP contribution in [0.1, 0.15) is 5.69 Å². The summed E-state index contributed by atoms with van der Waals surface area (Å²) in [6.07, 6.45) is 1.48. The first-order valence-corrected chi connectivity index (χ1v) is 8.96. The lowest BCUT2D eigenvalue weighted by Gasteiger charge is -2.11. The summed E-state index contributed by atoms with van der Waals surface area (Å²) in [6, 6.07) is 4.92. The van der Waals surface area contributed by atoms with Crippen molar-refractivity contribution in [2.24, 2.45) is 0 Å². The molecule has 0 saturated carbocycles. The minimum absolute atomic E-state index is 0.0124. The number of imidazole rings is 1. The van der Waals surface area contributed by atoms with Crippen LogP contribution < -0.4 is 15.4 Å². The molecule has 3 N–H and O–H groups in total. The molecule has 1 heterocycles. The Hall–Kier alpha value is -2.23. The fourth-order valence-corrected chi connectivity index (χ4v) is 3.09. The zero-order valence-electron chi connectivity index (χ0n) is 14.3. The van der Waals surface area contributed by atoms with Gasteiger partial charge in [0.2, 0.25) is 11.8 Å². The number of aromatic nitrogens is 2. The first-order valence-electron chi connectivity index (χ1n) is 7.60. The number of anilines is 1. The van der Waals surface area contributed by atoms with Gasteiger partial charge in [-0.2, -0.15) is 0 Å². The first kappa shape index (κ1) is 20.1. The third-order valence-corrected chi connectivity index (χ3v) is 4.64. The smallest absolute Gasteiger partial charge is 0.239 e. The van der Waals surface area contributed by atoms with Crippen LogP contribution in [0.2, 0.25) is 5.02 Å². The van der Waals surface area contributed by atoms with E-state index in [2.05, 4.69) is 15.6 Å². The largest absolute Gasteiger partial charge is 0.495 e. The van der Waals surface area contributed by atoms with Gasteiger partial charge in [0.15, 0.2) is 5.16 Å². The van der Waals surface area contributed by atoms with Crippen molar-refractivity contribution in [1.29, 1.82) is 0 Å². The van der Waals surface area contributed by atoms with Gasteiger partial charge in [-0.15, -0.1) is 0 Å². The van der Waals surface area contributed by atoms with Crippen molar-refractivity contribution in [2.45, 2.75) is 18.3 Å². The molecule has 2 aromatic rings. The van der Waals surface area contributed by atoms with Crippen LogP contribution >= 0.6 is 23.4 Å². The number of aliphatic hydroxyl groups is 1. The predicted octanol–water partition coefficient (Wildman–Crippen LogP) is 1.51. The molecule has 0 fully saturated rings. The Morgan fingerprint density at radius 2 is 2.15 bits per heavy atom. The minimum atomic E-state index is -0.282. The first-order chi connectivity index (χ1) is 12.5. The van der Waals surface area contributed by atoms with E-state index in [1.54, 1.807) is 22.8 Å². The summed E-state index contributed by atoms with van der Waals surface area (Å²) in [7, 11) is 3.02. The van der Waals surface area contributed by atoms with Crippen LogP contribution in [-0.4, -0.2) is 46.4 Å². The Balaban J connectivity index is 2.05. The number of thioether (sulfide) groups is 1. The molecule has 0 spiro atoms. The summed E-state index contributed by atoms with van der Waals surface area (Å²) in [5, 5.41) is 15.5. The summed E-state index contributed by atoms with van der Waals surface area (Å²) in [5.74, 6) is 0.0466. The van der Waals surface area contributed by atoms with Gasteiger partial charge in [-0.25, -0.2) is 4.98 Å². The van der Waals surface area contributed by atoms with Gasteiger partial charge in [-0.3, -0.25) is 9.59 Å². The Kier molecular flexibility index (Phi) is 7.31. The van der Waals surface area contributed by atoms with E-state index in [-0.39, 0.29) is 30.7 Å². The van der Waals surface area contributed by atoms with Gasteiger partial charge in [0.05, 0.1) is 37.0 Å². The van der Waals surface area contributed by atoms with E-state index >= 15 is 0 Å². The lowest BCUT2D eigenvalue weighted by molar-refractivity contribution is -0.121. The highest BCUT2D eigenvalue weighted by molar-refractivity contribution is 7.99. The maximum Gasteiger partial charge on any atom is 0.239 e. The maximum absolute atomic E-state index is 12.2. The summed E-state index contributed by atoms with van der Waals surface area (Å²) < 4.78 is 6.75. The van der Waals surface area contributed by atoms with Crippen molar-refractivity contribution in [3.8, 4) is 5.75 Å². The van der Waals surface area contributed by atoms with Crippen molar-refractivity contribution in [3.05, 3.63) is 35.1 Å². The molecule has 10 heteroatoms. The lowest BCUT2D eigenvalue weighted by atomic mass is 10.3. The summed E-state index contributed by atoms with van der Waals surface area (Å²) >= 11 is 7.10. The molecule has 1 aromatic heterocycles. The average molecular weight is 399 g/mol. The third-order valence-electron chi connectivity index (χ3n) is 3.41. The number of amides is 2. The van der Waals surface area contributed by atoms with Gasteiger partial charge in [0.1, 0.15) is 12.3 Å². The molecule has 0 bridgehead atoms. The number of halogens is 1. The number of benzene rings is 1. The van der Waals surface area contributed by atoms with E-state index in [9.17, 15) is 14.7 Å². The number of rotatable bonds is 8. The van der Waals surface area contributed by atoms with Gasteiger partial charge in [0.25, 0.3) is 0 Å². The topological polar surface area (TPSA) is 105 Å². The Morgan fingerprint density at radius 3 is 2.81 bits per heavy atom. The molecular weight excluding hydrogens is 380 g/mol. The van der Waals surface area contributed by atoms with Crippen molar-refractivity contribution >= 4 is 40.9 Å². The zero-order chi connectivity index (χ0) is 19.1. The number of ether oxygens (including phenoxy) is 1. The van der Waals surface area contributed by atoms with Gasteiger partial charge in [-0.05, 0) is 18.2 Å². The number of carbonyl (C=O) groups excluding carboxylic acids is 2. The van der Waals surface area contributed by atoms with Crippen LogP contribution in [0.15, 0.2) is 29.6 Å². The fourth-order valence-electron chi connectivity index (χ4n) is 2.12. The second-order valence-corrected chi connectivity index (χ2v) is 6.51. The van der Waals surface area contributed by atoms with E-state index in [4.69, 9.17) is 16.3 Å². The Labute approximate surface area is 159 Å². The SMILES string of the molecule is CNC(=O)Cn1c(CO)cnc1SCC(=O)Nc1cc(Cl)ccc1OC. The van der Waals surface area contributed by atoms with E-state index in [0.717, 1.165) is 11.8 Å². The van der Waals surface area contributed by atoms with Crippen LogP contribution in [0.25, 0.3) is 0 Å². The molecule has 0 unspecified atom stereocenters. The minimum Gasteiger partial charge on any atom is -0.495 e. The molecule has 0 atom stereocenters. The maximum atomic E-state index is 12.2. The molecule has 2 amide bonds. The van der Waals surface area contributed by atoms with Crippen LogP contribution in [0.4, 0.5) is 5.69 Å². The molecule has 2 rings (SSSR count). The highest BCUT2D eigenvalue weighted by Gasteiger charge is 2.15. The number of hydrogen-bond acceptors (Lipinski definition) is 6. The monoisotopic (exact) mass is 398 g/mol. The predicted molar refractivity (Wildman–Crippen MR) is 99.6 cm³/mol. The summed E-state index contributed by atoms with van der Waals surface area (Å²) in [5.41, 5.74) is 0.961. The highest BCUT2D eigenvalue weighted by Crippen LogP contribution is 2.28. The van der Waals surface area contributed by atoms with Crippen LogP contribution in [0.3, 0.4) is 0 Å². The number of nitrogens with zero attached hydrogens (tertiary/aromatic N) is 2. The van der Waals surface area contributed by atoms with Crippen molar-refractivity contribution in [1.82, 2.24) is 14.9 Å². The molecule has 0 radical (unpaired) electrons. The number of methoxy groups -OCH3 is 1. The number of hydrogen-bond donors (Lipinski definition) is 3. The molecule has 8 nitrogen and oxygen atoms in total. The van der Waals surface area contributed by atoms with E-state index in [0.29, 0.717) is 27.3 Å². The molecular formula is C16H19ClN4O4S. The van der Waals surface area contributed by atoms with Gasteiger partial charge in [-0.1, -0.05) is 23.4 Å². The number of carbonyl (C=O) groups is 2. The highest BCUT2D eigenvalue weighted by atomic mass is 35.5. The normalized spacial score (nSPS) is 10.5. The lowest BCUT2D eigenvalue weighted by Crippen LogP contribution is -2.25. The van der Waals surface area contributed by atoms with Crippen molar-refractivity contribution in [3.63, 3.8) is 0 Å². The van der Waals surface area contributed by atoms with Crippen LogP contribution in [0.5, 0.6) is 5.75 Å². The Bertz CT molecular complexity index is 797. The number of likely N-dealkylation sites (N-methyl/N-ethyl adjacent to an activating group) is 1. The van der Waals surface area contributed by atoms with E-state index in [1.165, 1.54) is 20.4 Å². The van der Waals surface area contributed by atoms with E-state index < -0.39 is 0 Å². The Morgan fingerprint density at radius 1 is 1.38 bits per heavy atom. The second-order valence-electron chi connectivity index (χ2n) is 5.13. The van der Waals surface area contributed by atoms with Gasteiger partial charge >= 0.3 is 0 Å². The molecule has 1 aromatic carbocycles. The molecule has 140 valence electrons. The summed E-state index contributed by atoms with van der Waals surface area (Å²) in [6.45, 7) is -0.241. The molecule has 0 aliphatic carbocycles. The van der Waals surface area contributed by atoms with Crippen LogP contribution in [-0.2, 0) is 22.7 Å². The van der Waals surface area contributed by atoms with Gasteiger partial charge < -0.3 is 25.0 Å². The van der Waals surface area contributed by atoms with Crippen LogP contribution in [0, 0.1) is 0 Å². The number of aliphatic hydroxyl groups excluding tert-OH is 1. The number of nitrogens with one attached hydrogen (secondary N) is 2. The summed E-state index contributed by atoms with van der Waals surface area (Å²) in [4.78, 5) is 28.0. The average Bonchev–Trinajstić information content (AvgIpc) is 3.01. The van der Waals surface area contributed by atoms with E-state index in [1.807, 2.05) is 0 Å².